The highest BCUT2D eigenvalue weighted by Crippen LogP contribution is 2.33. The molecular weight excluding hydrogens is 296 g/mol. The summed E-state index contributed by atoms with van der Waals surface area (Å²) in [6, 6.07) is -0.747. The van der Waals surface area contributed by atoms with Crippen LogP contribution in [0.4, 0.5) is 0 Å². The van der Waals surface area contributed by atoms with Crippen molar-refractivity contribution in [3.63, 3.8) is 0 Å². The van der Waals surface area contributed by atoms with Gasteiger partial charge < -0.3 is 18.8 Å². The minimum absolute atomic E-state index is 0.0262. The van der Waals surface area contributed by atoms with Crippen LogP contribution in [0.1, 0.15) is 13.8 Å². The van der Waals surface area contributed by atoms with Crippen LogP contribution in [0.15, 0.2) is 5.11 Å². The molecule has 0 aromatic carbocycles. The first kappa shape index (κ1) is 18.2. The molecule has 11 heteroatoms. The molecule has 4 radical (unpaired) electrons. The van der Waals surface area contributed by atoms with Crippen LogP contribution in [0.5, 0.6) is 0 Å². The molecule has 5 unspecified atom stereocenters. The molecular formula is C10H15B2N3O5S. The maximum Gasteiger partial charge on any atom is 0.303 e. The monoisotopic (exact) mass is 311 g/mol. The topological polar surface area (TPSA) is 103 Å². The molecule has 1 heterocycles. The molecule has 112 valence electrons. The second kappa shape index (κ2) is 9.22. The Labute approximate surface area is 129 Å². The summed E-state index contributed by atoms with van der Waals surface area (Å²) in [5, 5.41) is 3.65. The lowest BCUT2D eigenvalue weighted by Gasteiger charge is -2.44. The molecule has 1 aliphatic heterocycles. The average molecular weight is 311 g/mol. The highest BCUT2D eigenvalue weighted by atomic mass is 32.2. The summed E-state index contributed by atoms with van der Waals surface area (Å²) in [7, 11) is 10.4. The predicted molar refractivity (Wildman–Crippen MR) is 77.6 cm³/mol. The van der Waals surface area contributed by atoms with Crippen molar-refractivity contribution in [2.75, 3.05) is 12.4 Å². The maximum atomic E-state index is 11.2. The van der Waals surface area contributed by atoms with E-state index in [0.29, 0.717) is 5.75 Å². The van der Waals surface area contributed by atoms with Gasteiger partial charge in [-0.15, -0.1) is 11.8 Å². The summed E-state index contributed by atoms with van der Waals surface area (Å²) in [5.74, 6) is 0.169. The smallest absolute Gasteiger partial charge is 0.303 e. The minimum Gasteiger partial charge on any atom is -0.457 e. The molecule has 0 aliphatic carbocycles. The number of carbonyl (C=O) groups excluding carboxylic acids is 1. The van der Waals surface area contributed by atoms with E-state index in [1.165, 1.54) is 18.7 Å². The van der Waals surface area contributed by atoms with E-state index in [2.05, 4.69) is 14.7 Å². The Balaban J connectivity index is 3.06. The lowest BCUT2D eigenvalue weighted by Crippen LogP contribution is -2.59. The number of azide groups is 1. The Morgan fingerprint density at radius 3 is 2.67 bits per heavy atom. The third kappa shape index (κ3) is 4.82. The lowest BCUT2D eigenvalue weighted by molar-refractivity contribution is -0.188. The zero-order valence-corrected chi connectivity index (χ0v) is 12.6. The van der Waals surface area contributed by atoms with E-state index >= 15 is 0 Å². The molecule has 0 aromatic heterocycles. The molecule has 8 nitrogen and oxygen atoms in total. The van der Waals surface area contributed by atoms with Crippen molar-refractivity contribution >= 4 is 33.8 Å². The van der Waals surface area contributed by atoms with E-state index in [0.717, 1.165) is 0 Å². The largest absolute Gasteiger partial charge is 0.457 e. The van der Waals surface area contributed by atoms with Crippen LogP contribution in [0, 0.1) is 0 Å². The summed E-state index contributed by atoms with van der Waals surface area (Å²) in [6.45, 7) is 3.14. The molecule has 21 heavy (non-hydrogen) atoms. The highest BCUT2D eigenvalue weighted by Gasteiger charge is 2.47. The first-order valence-electron chi connectivity index (χ1n) is 6.24. The zero-order chi connectivity index (χ0) is 15.8. The number of carbonyl (C=O) groups is 1. The second-order valence-electron chi connectivity index (χ2n) is 4.20. The van der Waals surface area contributed by atoms with Crippen molar-refractivity contribution in [1.29, 1.82) is 0 Å². The quantitative estimate of drug-likeness (QED) is 0.225. The van der Waals surface area contributed by atoms with Gasteiger partial charge in [-0.1, -0.05) is 12.0 Å². The summed E-state index contributed by atoms with van der Waals surface area (Å²) in [5.41, 5.74) is 8.19. The van der Waals surface area contributed by atoms with Crippen LogP contribution < -0.4 is 0 Å². The maximum absolute atomic E-state index is 11.2. The van der Waals surface area contributed by atoms with Gasteiger partial charge in [-0.3, -0.25) is 4.79 Å². The van der Waals surface area contributed by atoms with Crippen molar-refractivity contribution in [2.45, 2.75) is 43.6 Å². The van der Waals surface area contributed by atoms with Crippen LogP contribution >= 0.6 is 11.8 Å². The van der Waals surface area contributed by atoms with Gasteiger partial charge in [0, 0.05) is 11.8 Å². The van der Waals surface area contributed by atoms with Crippen LogP contribution in [0.3, 0.4) is 0 Å². The molecule has 1 rings (SSSR count). The Bertz CT molecular complexity index is 399. The van der Waals surface area contributed by atoms with Gasteiger partial charge in [0.05, 0.1) is 12.7 Å². The second-order valence-corrected chi connectivity index (χ2v) is 5.58. The minimum atomic E-state index is -0.889. The molecule has 0 N–H and O–H groups in total. The molecule has 0 aromatic rings. The van der Waals surface area contributed by atoms with Gasteiger partial charge in [0.2, 0.25) is 0 Å². The Morgan fingerprint density at radius 1 is 1.48 bits per heavy atom. The fourth-order valence-electron chi connectivity index (χ4n) is 2.09. The molecule has 1 fully saturated rings. The van der Waals surface area contributed by atoms with Crippen LogP contribution in [0.25, 0.3) is 10.4 Å². The summed E-state index contributed by atoms with van der Waals surface area (Å²) >= 11 is 1.41. The highest BCUT2D eigenvalue weighted by molar-refractivity contribution is 7.99. The summed E-state index contributed by atoms with van der Waals surface area (Å²) < 4.78 is 20.4. The van der Waals surface area contributed by atoms with Gasteiger partial charge >= 0.3 is 5.97 Å². The first-order valence-corrected chi connectivity index (χ1v) is 7.29. The lowest BCUT2D eigenvalue weighted by atomic mass is 9.97. The number of esters is 1. The Kier molecular flexibility index (Phi) is 7.98. The fraction of sp³-hybridized carbons (Fsp3) is 0.900. The van der Waals surface area contributed by atoms with E-state index in [4.69, 9.17) is 35.8 Å². The van der Waals surface area contributed by atoms with Crippen molar-refractivity contribution < 1.29 is 23.6 Å². The molecule has 1 saturated heterocycles. The SMILES string of the molecule is [B]OCC1OC(SCC)C(N=[N+]=[N-])C(O[B])C1OC(C)=O. The van der Waals surface area contributed by atoms with Crippen LogP contribution in [0.2, 0.25) is 0 Å². The zero-order valence-electron chi connectivity index (χ0n) is 11.7. The number of nitrogens with zero attached hydrogens (tertiary/aromatic N) is 3. The number of rotatable bonds is 7. The number of hydrogen-bond donors (Lipinski definition) is 0. The first-order chi connectivity index (χ1) is 10.1. The van der Waals surface area contributed by atoms with E-state index in [1.54, 1.807) is 0 Å². The van der Waals surface area contributed by atoms with E-state index in [1.807, 2.05) is 6.92 Å². The Morgan fingerprint density at radius 2 is 2.19 bits per heavy atom. The van der Waals surface area contributed by atoms with Crippen LogP contribution in [-0.2, 0) is 23.6 Å². The molecule has 0 amide bonds. The third-order valence-corrected chi connectivity index (χ3v) is 3.90. The van der Waals surface area contributed by atoms with Gasteiger partial charge in [0.15, 0.2) is 6.10 Å². The van der Waals surface area contributed by atoms with Gasteiger partial charge in [-0.25, -0.2) is 0 Å². The number of ether oxygens (including phenoxy) is 2. The van der Waals surface area contributed by atoms with Gasteiger partial charge in [0.25, 0.3) is 16.1 Å². The van der Waals surface area contributed by atoms with Crippen molar-refractivity contribution in [1.82, 2.24) is 0 Å². The fourth-order valence-corrected chi connectivity index (χ4v) is 3.05. The molecule has 0 bridgehead atoms. The number of thioether (sulfide) groups is 1. The normalized spacial score (nSPS) is 32.2. The van der Waals surface area contributed by atoms with Crippen molar-refractivity contribution in [3.8, 4) is 0 Å². The van der Waals surface area contributed by atoms with Gasteiger partial charge in [0.1, 0.15) is 17.6 Å². The van der Waals surface area contributed by atoms with E-state index < -0.39 is 35.8 Å². The summed E-state index contributed by atoms with van der Waals surface area (Å²) in [6.07, 6.45) is -2.43. The summed E-state index contributed by atoms with van der Waals surface area (Å²) in [4.78, 5) is 14.0. The van der Waals surface area contributed by atoms with E-state index in [9.17, 15) is 4.79 Å². The Hall–Kier alpha value is -0.860. The average Bonchev–Trinajstić information content (AvgIpc) is 2.43. The van der Waals surface area contributed by atoms with Crippen molar-refractivity contribution in [3.05, 3.63) is 10.4 Å². The molecule has 5 atom stereocenters. The third-order valence-electron chi connectivity index (χ3n) is 2.85. The molecule has 0 saturated carbocycles. The molecule has 0 spiro atoms. The molecule has 1 aliphatic rings. The number of hydrogen-bond acceptors (Lipinski definition) is 7. The predicted octanol–water partition coefficient (Wildman–Crippen LogP) is 0.644. The van der Waals surface area contributed by atoms with Gasteiger partial charge in [-0.2, -0.15) is 0 Å². The van der Waals surface area contributed by atoms with Gasteiger partial charge in [-0.05, 0) is 11.3 Å². The van der Waals surface area contributed by atoms with Crippen molar-refractivity contribution in [2.24, 2.45) is 5.11 Å². The standard InChI is InChI=1S/C10H15B2N3O5S/c1-3-21-10-7(14-15-13)9(20-12)8(18-5(2)16)6(19-10)4-17-11/h6-10H,3-4H2,1-2H3. The van der Waals surface area contributed by atoms with Crippen LogP contribution in [-0.4, -0.2) is 64.2 Å². The van der Waals surface area contributed by atoms with E-state index in [-0.39, 0.29) is 6.61 Å².